The number of benzene rings is 2. The molecule has 0 N–H and O–H groups in total. The summed E-state index contributed by atoms with van der Waals surface area (Å²) < 4.78 is 14.2. The van der Waals surface area contributed by atoms with Crippen molar-refractivity contribution in [3.8, 4) is 0 Å². The maximum absolute atomic E-state index is 14.2. The van der Waals surface area contributed by atoms with Crippen molar-refractivity contribution in [1.82, 2.24) is 4.98 Å². The molecule has 4 rings (SSSR count). The molecule has 2 heterocycles. The fourth-order valence-electron chi connectivity index (χ4n) is 3.45. The lowest BCUT2D eigenvalue weighted by molar-refractivity contribution is -0.384. The minimum atomic E-state index is -0.549. The van der Waals surface area contributed by atoms with E-state index in [0.717, 1.165) is 16.9 Å². The zero-order valence-electron chi connectivity index (χ0n) is 16.9. The Morgan fingerprint density at radius 2 is 2.06 bits per heavy atom. The number of halogens is 1. The van der Waals surface area contributed by atoms with Crippen molar-refractivity contribution in [2.75, 3.05) is 16.3 Å². The van der Waals surface area contributed by atoms with Crippen molar-refractivity contribution < 1.29 is 18.9 Å². The van der Waals surface area contributed by atoms with Crippen LogP contribution in [0.5, 0.6) is 0 Å². The number of nitro benzene ring substituents is 1. The van der Waals surface area contributed by atoms with E-state index in [2.05, 4.69) is 4.98 Å². The number of fused-ring (bicyclic) bond motifs is 1. The second-order valence-electron chi connectivity index (χ2n) is 7.00. The van der Waals surface area contributed by atoms with Gasteiger partial charge in [0.2, 0.25) is 5.91 Å². The number of carbonyl (C=O) groups excluding carboxylic acids is 2. The van der Waals surface area contributed by atoms with Gasteiger partial charge in [-0.3, -0.25) is 24.6 Å². The summed E-state index contributed by atoms with van der Waals surface area (Å²) in [6.45, 7) is 1.74. The monoisotopic (exact) mass is 452 g/mol. The van der Waals surface area contributed by atoms with Crippen LogP contribution < -0.4 is 9.80 Å². The van der Waals surface area contributed by atoms with E-state index < -0.39 is 16.6 Å². The number of rotatable bonds is 5. The number of anilines is 3. The maximum atomic E-state index is 14.2. The predicted molar refractivity (Wildman–Crippen MR) is 120 cm³/mol. The Bertz CT molecular complexity index is 1260. The number of nitro groups is 1. The molecular weight excluding hydrogens is 435 g/mol. The third-order valence-electron chi connectivity index (χ3n) is 4.95. The molecule has 0 fully saturated rings. The van der Waals surface area contributed by atoms with E-state index in [0.29, 0.717) is 24.3 Å². The van der Waals surface area contributed by atoms with Crippen LogP contribution in [0, 0.1) is 15.9 Å². The summed E-state index contributed by atoms with van der Waals surface area (Å²) >= 11 is 1.14. The standard InChI is InChI=1S/C22H17FN4O4S/c1-14(28)26(19-5-3-2-4-18(19)23)22-24-16(13-32-22)7-9-21(29)25-11-10-15-6-8-17(27(30)31)12-20(15)25/h2-9,12-13H,10-11H2,1H3/b9-7+. The molecule has 10 heteroatoms. The number of amides is 2. The molecular formula is C22H17FN4O4S. The number of non-ortho nitro benzene ring substituents is 1. The minimum Gasteiger partial charge on any atom is -0.308 e. The molecule has 3 aromatic rings. The van der Waals surface area contributed by atoms with Crippen LogP contribution in [0.3, 0.4) is 0 Å². The van der Waals surface area contributed by atoms with Gasteiger partial charge in [0, 0.05) is 37.1 Å². The molecule has 2 amide bonds. The highest BCUT2D eigenvalue weighted by molar-refractivity contribution is 7.14. The second kappa shape index (κ2) is 8.67. The number of nitrogens with zero attached hydrogens (tertiary/aromatic N) is 4. The van der Waals surface area contributed by atoms with Crippen LogP contribution in [-0.4, -0.2) is 28.3 Å². The van der Waals surface area contributed by atoms with Crippen molar-refractivity contribution >= 4 is 51.4 Å². The second-order valence-corrected chi connectivity index (χ2v) is 7.84. The van der Waals surface area contributed by atoms with E-state index in [1.807, 2.05) is 0 Å². The number of para-hydroxylation sites is 1. The molecule has 1 aromatic heterocycles. The molecule has 0 spiro atoms. The average Bonchev–Trinajstić information content (AvgIpc) is 3.40. The Morgan fingerprint density at radius 1 is 1.28 bits per heavy atom. The van der Waals surface area contributed by atoms with Crippen molar-refractivity contribution in [2.24, 2.45) is 0 Å². The third-order valence-corrected chi connectivity index (χ3v) is 5.79. The lowest BCUT2D eigenvalue weighted by Crippen LogP contribution is -2.26. The quantitative estimate of drug-likeness (QED) is 0.323. The number of hydrogen-bond donors (Lipinski definition) is 0. The Labute approximate surface area is 186 Å². The molecule has 162 valence electrons. The summed E-state index contributed by atoms with van der Waals surface area (Å²) in [5, 5.41) is 13.0. The van der Waals surface area contributed by atoms with Gasteiger partial charge in [0.05, 0.1) is 22.0 Å². The number of carbonyl (C=O) groups is 2. The summed E-state index contributed by atoms with van der Waals surface area (Å²) in [6, 6.07) is 10.4. The lowest BCUT2D eigenvalue weighted by Gasteiger charge is -2.18. The summed E-state index contributed by atoms with van der Waals surface area (Å²) in [7, 11) is 0. The molecule has 0 saturated heterocycles. The predicted octanol–water partition coefficient (Wildman–Crippen LogP) is 4.48. The van der Waals surface area contributed by atoms with Gasteiger partial charge < -0.3 is 4.90 Å². The largest absolute Gasteiger partial charge is 0.308 e. The summed E-state index contributed by atoms with van der Waals surface area (Å²) in [6.07, 6.45) is 3.44. The fourth-order valence-corrected chi connectivity index (χ4v) is 4.30. The van der Waals surface area contributed by atoms with Crippen molar-refractivity contribution in [3.05, 3.63) is 81.1 Å². The molecule has 1 aliphatic rings. The zero-order valence-corrected chi connectivity index (χ0v) is 17.7. The van der Waals surface area contributed by atoms with Crippen LogP contribution in [0.1, 0.15) is 18.2 Å². The first-order chi connectivity index (χ1) is 15.3. The topological polar surface area (TPSA) is 96.7 Å². The van der Waals surface area contributed by atoms with Crippen molar-refractivity contribution in [3.63, 3.8) is 0 Å². The molecule has 0 bridgehead atoms. The Morgan fingerprint density at radius 3 is 2.78 bits per heavy atom. The molecule has 0 saturated carbocycles. The lowest BCUT2D eigenvalue weighted by atomic mass is 10.1. The van der Waals surface area contributed by atoms with Gasteiger partial charge in [0.25, 0.3) is 11.6 Å². The molecule has 0 atom stereocenters. The van der Waals surface area contributed by atoms with E-state index in [1.54, 1.807) is 17.5 Å². The van der Waals surface area contributed by atoms with Gasteiger partial charge in [-0.15, -0.1) is 11.3 Å². The highest BCUT2D eigenvalue weighted by Crippen LogP contribution is 2.33. The fraction of sp³-hybridized carbons (Fsp3) is 0.136. The summed E-state index contributed by atoms with van der Waals surface area (Å²) in [5.74, 6) is -1.28. The number of aromatic nitrogens is 1. The Balaban J connectivity index is 1.54. The van der Waals surface area contributed by atoms with Crippen LogP contribution >= 0.6 is 11.3 Å². The maximum Gasteiger partial charge on any atom is 0.271 e. The van der Waals surface area contributed by atoms with Crippen LogP contribution in [0.2, 0.25) is 0 Å². The van der Waals surface area contributed by atoms with E-state index in [-0.39, 0.29) is 22.4 Å². The first-order valence-corrected chi connectivity index (χ1v) is 10.5. The highest BCUT2D eigenvalue weighted by Gasteiger charge is 2.26. The first kappa shape index (κ1) is 21.3. The minimum absolute atomic E-state index is 0.0750. The smallest absolute Gasteiger partial charge is 0.271 e. The van der Waals surface area contributed by atoms with Crippen molar-refractivity contribution in [1.29, 1.82) is 0 Å². The van der Waals surface area contributed by atoms with Gasteiger partial charge in [-0.05, 0) is 30.2 Å². The summed E-state index contributed by atoms with van der Waals surface area (Å²) in [5.41, 5.74) is 1.84. The van der Waals surface area contributed by atoms with Gasteiger partial charge >= 0.3 is 0 Å². The Hall–Kier alpha value is -3.92. The SMILES string of the molecule is CC(=O)N(c1nc(/C=C/C(=O)N2CCc3ccc([N+](=O)[O-])cc32)cs1)c1ccccc1F. The molecule has 0 aliphatic carbocycles. The van der Waals surface area contributed by atoms with Crippen LogP contribution in [0.15, 0.2) is 53.9 Å². The molecule has 32 heavy (non-hydrogen) atoms. The Kier molecular flexibility index (Phi) is 5.78. The number of thiazole rings is 1. The number of hydrogen-bond acceptors (Lipinski definition) is 6. The molecule has 2 aromatic carbocycles. The van der Waals surface area contributed by atoms with E-state index in [4.69, 9.17) is 0 Å². The average molecular weight is 452 g/mol. The summed E-state index contributed by atoms with van der Waals surface area (Å²) in [4.78, 5) is 42.4. The van der Waals surface area contributed by atoms with Gasteiger partial charge in [0.1, 0.15) is 5.82 Å². The van der Waals surface area contributed by atoms with E-state index >= 15 is 0 Å². The van der Waals surface area contributed by atoms with E-state index in [9.17, 15) is 24.1 Å². The molecule has 0 radical (unpaired) electrons. The van der Waals surface area contributed by atoms with Gasteiger partial charge in [0.15, 0.2) is 5.13 Å². The molecule has 0 unspecified atom stereocenters. The molecule has 1 aliphatic heterocycles. The first-order valence-electron chi connectivity index (χ1n) is 9.63. The highest BCUT2D eigenvalue weighted by atomic mass is 32.1. The van der Waals surface area contributed by atoms with Gasteiger partial charge in [-0.1, -0.05) is 18.2 Å². The van der Waals surface area contributed by atoms with Crippen molar-refractivity contribution in [2.45, 2.75) is 13.3 Å². The molecule has 8 nitrogen and oxygen atoms in total. The van der Waals surface area contributed by atoms with Crippen LogP contribution in [0.25, 0.3) is 6.08 Å². The van der Waals surface area contributed by atoms with Crippen LogP contribution in [-0.2, 0) is 16.0 Å². The van der Waals surface area contributed by atoms with Gasteiger partial charge in [-0.25, -0.2) is 9.37 Å². The van der Waals surface area contributed by atoms with Gasteiger partial charge in [-0.2, -0.15) is 0 Å². The van der Waals surface area contributed by atoms with Crippen LogP contribution in [0.4, 0.5) is 26.6 Å². The normalized spacial score (nSPS) is 12.8. The third kappa shape index (κ3) is 4.12. The van der Waals surface area contributed by atoms with E-state index in [1.165, 1.54) is 59.2 Å². The zero-order chi connectivity index (χ0) is 22.8.